The van der Waals surface area contributed by atoms with Crippen LogP contribution in [0.2, 0.25) is 5.15 Å². The maximum Gasteiger partial charge on any atom is 0.159 e. The van der Waals surface area contributed by atoms with Gasteiger partial charge in [0.1, 0.15) is 0 Å². The highest BCUT2D eigenvalue weighted by Gasteiger charge is 2.09. The number of benzene rings is 1. The van der Waals surface area contributed by atoms with Crippen LogP contribution in [-0.4, -0.2) is 16.8 Å². The van der Waals surface area contributed by atoms with E-state index >= 15 is 0 Å². The van der Waals surface area contributed by atoms with E-state index in [0.717, 1.165) is 17.4 Å². The van der Waals surface area contributed by atoms with Crippen LogP contribution in [0.3, 0.4) is 0 Å². The molecule has 1 aromatic heterocycles. The fourth-order valence-corrected chi connectivity index (χ4v) is 2.00. The van der Waals surface area contributed by atoms with E-state index in [1.54, 1.807) is 4.68 Å². The fourth-order valence-electron chi connectivity index (χ4n) is 1.67. The molecule has 1 N–H and O–H groups in total. The zero-order valence-corrected chi connectivity index (χ0v) is 8.97. The Morgan fingerprint density at radius 1 is 1.50 bits per heavy atom. The second-order valence-corrected chi connectivity index (χ2v) is 3.61. The van der Waals surface area contributed by atoms with Gasteiger partial charge >= 0.3 is 0 Å². The first-order valence-electron chi connectivity index (χ1n) is 4.48. The van der Waals surface area contributed by atoms with Crippen LogP contribution < -0.4 is 5.32 Å². The average Bonchev–Trinajstić information content (AvgIpc) is 2.44. The molecule has 14 heavy (non-hydrogen) atoms. The van der Waals surface area contributed by atoms with Crippen molar-refractivity contribution in [2.75, 3.05) is 7.05 Å². The Labute approximate surface area is 87.7 Å². The molecule has 0 unspecified atom stereocenters. The third kappa shape index (κ3) is 1.38. The molecule has 0 aliphatic heterocycles. The summed E-state index contributed by atoms with van der Waals surface area (Å²) in [4.78, 5) is 0. The lowest BCUT2D eigenvalue weighted by molar-refractivity contribution is 0.797. The third-order valence-corrected chi connectivity index (χ3v) is 2.55. The molecule has 4 heteroatoms. The maximum absolute atomic E-state index is 6.06. The third-order valence-electron chi connectivity index (χ3n) is 2.29. The molecule has 0 saturated heterocycles. The average molecular weight is 210 g/mol. The second kappa shape index (κ2) is 3.59. The van der Waals surface area contributed by atoms with Gasteiger partial charge in [-0.3, -0.25) is 4.68 Å². The summed E-state index contributed by atoms with van der Waals surface area (Å²) in [7, 11) is 3.82. The molecule has 1 heterocycles. The van der Waals surface area contributed by atoms with Crippen LogP contribution in [0, 0.1) is 0 Å². The predicted molar refractivity (Wildman–Crippen MR) is 58.5 cm³/mol. The Morgan fingerprint density at radius 2 is 2.29 bits per heavy atom. The van der Waals surface area contributed by atoms with Gasteiger partial charge in [-0.05, 0) is 18.7 Å². The van der Waals surface area contributed by atoms with Crippen LogP contribution in [-0.2, 0) is 13.6 Å². The lowest BCUT2D eigenvalue weighted by Gasteiger charge is -2.01. The number of hydrogen-bond donors (Lipinski definition) is 1. The number of hydrogen-bond acceptors (Lipinski definition) is 2. The molecule has 0 spiro atoms. The zero-order valence-electron chi connectivity index (χ0n) is 8.21. The standard InChI is InChI=1S/C10H12ClN3/c1-12-6-7-4-3-5-8-9(7)10(11)13-14(8)2/h3-5,12H,6H2,1-2H3. The Hall–Kier alpha value is -1.06. The van der Waals surface area contributed by atoms with Crippen molar-refractivity contribution >= 4 is 22.5 Å². The number of rotatable bonds is 2. The predicted octanol–water partition coefficient (Wildman–Crippen LogP) is 1.95. The van der Waals surface area contributed by atoms with Gasteiger partial charge in [0.25, 0.3) is 0 Å². The van der Waals surface area contributed by atoms with Crippen molar-refractivity contribution in [3.8, 4) is 0 Å². The minimum Gasteiger partial charge on any atom is -0.316 e. The fraction of sp³-hybridized carbons (Fsp3) is 0.300. The van der Waals surface area contributed by atoms with Crippen molar-refractivity contribution in [1.29, 1.82) is 0 Å². The van der Waals surface area contributed by atoms with Crippen molar-refractivity contribution in [3.05, 3.63) is 28.9 Å². The van der Waals surface area contributed by atoms with Crippen LogP contribution in [0.15, 0.2) is 18.2 Å². The van der Waals surface area contributed by atoms with Gasteiger partial charge in [0.15, 0.2) is 5.15 Å². The molecule has 0 radical (unpaired) electrons. The van der Waals surface area contributed by atoms with E-state index in [4.69, 9.17) is 11.6 Å². The van der Waals surface area contributed by atoms with E-state index in [9.17, 15) is 0 Å². The summed E-state index contributed by atoms with van der Waals surface area (Å²) >= 11 is 6.06. The van der Waals surface area contributed by atoms with Gasteiger partial charge < -0.3 is 5.32 Å². The van der Waals surface area contributed by atoms with Crippen molar-refractivity contribution in [2.24, 2.45) is 7.05 Å². The molecule has 2 rings (SSSR count). The molecular weight excluding hydrogens is 198 g/mol. The Bertz CT molecular complexity index is 462. The Kier molecular flexibility index (Phi) is 2.44. The van der Waals surface area contributed by atoms with E-state index in [1.165, 1.54) is 5.56 Å². The summed E-state index contributed by atoms with van der Waals surface area (Å²) in [6.45, 7) is 0.808. The monoisotopic (exact) mass is 209 g/mol. The van der Waals surface area contributed by atoms with Gasteiger partial charge in [-0.15, -0.1) is 0 Å². The van der Waals surface area contributed by atoms with Gasteiger partial charge in [0.2, 0.25) is 0 Å². The largest absolute Gasteiger partial charge is 0.316 e. The normalized spacial score (nSPS) is 11.1. The first kappa shape index (κ1) is 9.49. The van der Waals surface area contributed by atoms with Gasteiger partial charge in [-0.2, -0.15) is 5.10 Å². The van der Waals surface area contributed by atoms with Gasteiger partial charge in [0.05, 0.1) is 5.52 Å². The topological polar surface area (TPSA) is 29.9 Å². The molecule has 0 fully saturated rings. The summed E-state index contributed by atoms with van der Waals surface area (Å²) in [5.41, 5.74) is 2.26. The lowest BCUT2D eigenvalue weighted by Crippen LogP contribution is -2.05. The highest BCUT2D eigenvalue weighted by atomic mass is 35.5. The molecule has 2 aromatic rings. The summed E-state index contributed by atoms with van der Waals surface area (Å²) in [5, 5.41) is 8.93. The van der Waals surface area contributed by atoms with E-state index in [2.05, 4.69) is 16.5 Å². The number of fused-ring (bicyclic) bond motifs is 1. The first-order chi connectivity index (χ1) is 6.74. The SMILES string of the molecule is CNCc1cccc2c1c(Cl)nn2C. The summed E-state index contributed by atoms with van der Waals surface area (Å²) < 4.78 is 1.80. The molecule has 0 saturated carbocycles. The quantitative estimate of drug-likeness (QED) is 0.820. The summed E-state index contributed by atoms with van der Waals surface area (Å²) in [6.07, 6.45) is 0. The molecule has 0 amide bonds. The van der Waals surface area contributed by atoms with Crippen LogP contribution in [0.25, 0.3) is 10.9 Å². The van der Waals surface area contributed by atoms with Crippen LogP contribution >= 0.6 is 11.6 Å². The smallest absolute Gasteiger partial charge is 0.159 e. The molecule has 74 valence electrons. The molecule has 0 aliphatic carbocycles. The van der Waals surface area contributed by atoms with Crippen LogP contribution in [0.1, 0.15) is 5.56 Å². The number of nitrogens with zero attached hydrogens (tertiary/aromatic N) is 2. The molecular formula is C10H12ClN3. The van der Waals surface area contributed by atoms with Crippen LogP contribution in [0.5, 0.6) is 0 Å². The van der Waals surface area contributed by atoms with Crippen LogP contribution in [0.4, 0.5) is 0 Å². The van der Waals surface area contributed by atoms with E-state index < -0.39 is 0 Å². The lowest BCUT2D eigenvalue weighted by atomic mass is 10.1. The molecule has 1 aromatic carbocycles. The highest BCUT2D eigenvalue weighted by Crippen LogP contribution is 2.25. The van der Waals surface area contributed by atoms with Crippen molar-refractivity contribution in [1.82, 2.24) is 15.1 Å². The molecule has 0 atom stereocenters. The number of aryl methyl sites for hydroxylation is 1. The first-order valence-corrected chi connectivity index (χ1v) is 4.86. The zero-order chi connectivity index (χ0) is 10.1. The maximum atomic E-state index is 6.06. The minimum atomic E-state index is 0.577. The number of nitrogens with one attached hydrogen (secondary N) is 1. The van der Waals surface area contributed by atoms with Crippen molar-refractivity contribution < 1.29 is 0 Å². The summed E-state index contributed by atoms with van der Waals surface area (Å²) in [5.74, 6) is 0. The summed E-state index contributed by atoms with van der Waals surface area (Å²) in [6, 6.07) is 6.10. The van der Waals surface area contributed by atoms with Gasteiger partial charge in [-0.1, -0.05) is 23.7 Å². The molecule has 0 bridgehead atoms. The molecule has 0 aliphatic rings. The van der Waals surface area contributed by atoms with E-state index in [-0.39, 0.29) is 0 Å². The number of halogens is 1. The van der Waals surface area contributed by atoms with Gasteiger partial charge in [-0.25, -0.2) is 0 Å². The Balaban J connectivity index is 2.72. The molecule has 3 nitrogen and oxygen atoms in total. The Morgan fingerprint density at radius 3 is 3.00 bits per heavy atom. The second-order valence-electron chi connectivity index (χ2n) is 3.26. The van der Waals surface area contributed by atoms with E-state index in [0.29, 0.717) is 5.15 Å². The van der Waals surface area contributed by atoms with Crippen molar-refractivity contribution in [2.45, 2.75) is 6.54 Å². The number of aromatic nitrogens is 2. The van der Waals surface area contributed by atoms with E-state index in [1.807, 2.05) is 26.2 Å². The highest BCUT2D eigenvalue weighted by molar-refractivity contribution is 6.34. The van der Waals surface area contributed by atoms with Gasteiger partial charge in [0, 0.05) is 19.0 Å². The van der Waals surface area contributed by atoms with Crippen molar-refractivity contribution in [3.63, 3.8) is 0 Å². The minimum absolute atomic E-state index is 0.577.